The van der Waals surface area contributed by atoms with Gasteiger partial charge in [0.15, 0.2) is 11.6 Å². The van der Waals surface area contributed by atoms with E-state index < -0.39 is 23.6 Å². The number of hydrogen-bond donors (Lipinski definition) is 0. The van der Waals surface area contributed by atoms with Crippen LogP contribution >= 0.6 is 0 Å². The van der Waals surface area contributed by atoms with Crippen molar-refractivity contribution in [1.29, 1.82) is 0 Å². The van der Waals surface area contributed by atoms with Gasteiger partial charge in [-0.15, -0.1) is 0 Å². The molecule has 0 bridgehead atoms. The lowest BCUT2D eigenvalue weighted by Gasteiger charge is -2.07. The zero-order chi connectivity index (χ0) is 13.0. The van der Waals surface area contributed by atoms with E-state index in [0.717, 1.165) is 20.3 Å². The molecular weight excluding hydrogens is 234 g/mol. The van der Waals surface area contributed by atoms with E-state index in [-0.39, 0.29) is 17.5 Å². The molecule has 6 heteroatoms. The van der Waals surface area contributed by atoms with Crippen molar-refractivity contribution in [3.8, 4) is 0 Å². The standard InChI is InChI=1S/C11H10F2O4/c1-16-10(14)4-6-3-8(12)9(13)5-7(6)11(15)17-2/h3,5H,4H2,1-2H3. The molecule has 1 aromatic carbocycles. The maximum absolute atomic E-state index is 13.0. The highest BCUT2D eigenvalue weighted by Gasteiger charge is 2.18. The smallest absolute Gasteiger partial charge is 0.338 e. The second-order valence-electron chi connectivity index (χ2n) is 3.17. The molecule has 0 aliphatic heterocycles. The largest absolute Gasteiger partial charge is 0.469 e. The van der Waals surface area contributed by atoms with Gasteiger partial charge in [-0.05, 0) is 17.7 Å². The van der Waals surface area contributed by atoms with E-state index in [1.807, 2.05) is 0 Å². The van der Waals surface area contributed by atoms with Crippen LogP contribution in [0.15, 0.2) is 12.1 Å². The van der Waals surface area contributed by atoms with Crippen molar-refractivity contribution in [3.63, 3.8) is 0 Å². The summed E-state index contributed by atoms with van der Waals surface area (Å²) in [5, 5.41) is 0. The monoisotopic (exact) mass is 244 g/mol. The summed E-state index contributed by atoms with van der Waals surface area (Å²) in [6, 6.07) is 1.47. The Morgan fingerprint density at radius 1 is 1.12 bits per heavy atom. The Morgan fingerprint density at radius 3 is 2.24 bits per heavy atom. The summed E-state index contributed by atoms with van der Waals surface area (Å²) in [6.45, 7) is 0. The van der Waals surface area contributed by atoms with Crippen LogP contribution in [0.25, 0.3) is 0 Å². The van der Waals surface area contributed by atoms with Crippen LogP contribution in [0, 0.1) is 11.6 Å². The SMILES string of the molecule is COC(=O)Cc1cc(F)c(F)cc1C(=O)OC. The predicted molar refractivity (Wildman–Crippen MR) is 53.4 cm³/mol. The number of halogens is 2. The Labute approximate surface area is 96.1 Å². The summed E-state index contributed by atoms with van der Waals surface area (Å²) in [5.74, 6) is -3.83. The molecule has 0 radical (unpaired) electrons. The van der Waals surface area contributed by atoms with Crippen molar-refractivity contribution < 1.29 is 27.8 Å². The Hall–Kier alpha value is -1.98. The average molecular weight is 244 g/mol. The zero-order valence-electron chi connectivity index (χ0n) is 9.25. The van der Waals surface area contributed by atoms with Crippen LogP contribution in [0.3, 0.4) is 0 Å². The number of methoxy groups -OCH3 is 2. The molecule has 0 amide bonds. The lowest BCUT2D eigenvalue weighted by atomic mass is 10.0. The number of benzene rings is 1. The van der Waals surface area contributed by atoms with Crippen molar-refractivity contribution in [1.82, 2.24) is 0 Å². The van der Waals surface area contributed by atoms with Gasteiger partial charge in [0.2, 0.25) is 0 Å². The molecule has 0 saturated heterocycles. The van der Waals surface area contributed by atoms with Crippen molar-refractivity contribution in [2.45, 2.75) is 6.42 Å². The van der Waals surface area contributed by atoms with Gasteiger partial charge in [0, 0.05) is 0 Å². The molecular formula is C11H10F2O4. The molecule has 0 spiro atoms. The summed E-state index contributed by atoms with van der Waals surface area (Å²) < 4.78 is 34.8. The van der Waals surface area contributed by atoms with Crippen LogP contribution in [0.4, 0.5) is 8.78 Å². The fourth-order valence-electron chi connectivity index (χ4n) is 1.26. The Balaban J connectivity index is 3.20. The lowest BCUT2D eigenvalue weighted by Crippen LogP contribution is -2.12. The van der Waals surface area contributed by atoms with Gasteiger partial charge >= 0.3 is 11.9 Å². The highest BCUT2D eigenvalue weighted by molar-refractivity contribution is 5.92. The van der Waals surface area contributed by atoms with Gasteiger partial charge in [0.1, 0.15) is 0 Å². The third kappa shape index (κ3) is 2.99. The van der Waals surface area contributed by atoms with E-state index in [9.17, 15) is 18.4 Å². The maximum atomic E-state index is 13.0. The van der Waals surface area contributed by atoms with Gasteiger partial charge in [0.25, 0.3) is 0 Å². The van der Waals surface area contributed by atoms with Gasteiger partial charge in [0.05, 0.1) is 26.2 Å². The van der Waals surface area contributed by atoms with Gasteiger partial charge in [-0.1, -0.05) is 0 Å². The first-order valence-corrected chi connectivity index (χ1v) is 4.62. The van der Waals surface area contributed by atoms with Crippen LogP contribution in [-0.4, -0.2) is 26.2 Å². The molecule has 0 unspecified atom stereocenters. The van der Waals surface area contributed by atoms with Gasteiger partial charge in [-0.2, -0.15) is 0 Å². The first kappa shape index (κ1) is 13.1. The van der Waals surface area contributed by atoms with Crippen LogP contribution in [0.1, 0.15) is 15.9 Å². The maximum Gasteiger partial charge on any atom is 0.338 e. The van der Waals surface area contributed by atoms with E-state index in [4.69, 9.17) is 0 Å². The third-order valence-electron chi connectivity index (χ3n) is 2.11. The Kier molecular flexibility index (Phi) is 4.14. The molecule has 0 N–H and O–H groups in total. The van der Waals surface area contributed by atoms with Crippen molar-refractivity contribution in [2.24, 2.45) is 0 Å². The summed E-state index contributed by atoms with van der Waals surface area (Å²) >= 11 is 0. The number of carbonyl (C=O) groups is 2. The van der Waals surface area contributed by atoms with Gasteiger partial charge in [-0.25, -0.2) is 13.6 Å². The number of esters is 2. The van der Waals surface area contributed by atoms with Crippen LogP contribution < -0.4 is 0 Å². The highest BCUT2D eigenvalue weighted by Crippen LogP contribution is 2.17. The summed E-state index contributed by atoms with van der Waals surface area (Å²) in [6.07, 6.45) is -0.335. The Morgan fingerprint density at radius 2 is 1.71 bits per heavy atom. The summed E-state index contributed by atoms with van der Waals surface area (Å²) in [5.41, 5.74) is -0.181. The van der Waals surface area contributed by atoms with E-state index in [1.54, 1.807) is 0 Å². The van der Waals surface area contributed by atoms with E-state index >= 15 is 0 Å². The van der Waals surface area contributed by atoms with Crippen molar-refractivity contribution in [3.05, 3.63) is 34.9 Å². The number of carbonyl (C=O) groups excluding carboxylic acids is 2. The lowest BCUT2D eigenvalue weighted by molar-refractivity contribution is -0.139. The molecule has 92 valence electrons. The minimum absolute atomic E-state index is 0.0163. The molecule has 4 nitrogen and oxygen atoms in total. The molecule has 0 heterocycles. The first-order valence-electron chi connectivity index (χ1n) is 4.62. The summed E-state index contributed by atoms with van der Waals surface area (Å²) in [4.78, 5) is 22.4. The second-order valence-corrected chi connectivity index (χ2v) is 3.17. The molecule has 0 atom stereocenters. The molecule has 0 saturated carbocycles. The fraction of sp³-hybridized carbons (Fsp3) is 0.273. The predicted octanol–water partition coefficient (Wildman–Crippen LogP) is 1.47. The minimum atomic E-state index is -1.18. The molecule has 0 aromatic heterocycles. The zero-order valence-corrected chi connectivity index (χ0v) is 9.25. The number of ether oxygens (including phenoxy) is 2. The first-order chi connectivity index (χ1) is 7.99. The molecule has 17 heavy (non-hydrogen) atoms. The van der Waals surface area contributed by atoms with Crippen LogP contribution in [0.5, 0.6) is 0 Å². The van der Waals surface area contributed by atoms with Gasteiger partial charge in [-0.3, -0.25) is 4.79 Å². The normalized spacial score (nSPS) is 9.88. The fourth-order valence-corrected chi connectivity index (χ4v) is 1.26. The second kappa shape index (κ2) is 5.38. The molecule has 0 aliphatic rings. The third-order valence-corrected chi connectivity index (χ3v) is 2.11. The molecule has 1 rings (SSSR count). The number of rotatable bonds is 3. The quantitative estimate of drug-likeness (QED) is 0.755. The number of hydrogen-bond acceptors (Lipinski definition) is 4. The average Bonchev–Trinajstić information content (AvgIpc) is 2.32. The molecule has 0 fully saturated rings. The van der Waals surface area contributed by atoms with Gasteiger partial charge < -0.3 is 9.47 Å². The molecule has 1 aromatic rings. The van der Waals surface area contributed by atoms with E-state index in [1.165, 1.54) is 0 Å². The highest BCUT2D eigenvalue weighted by atomic mass is 19.2. The van der Waals surface area contributed by atoms with E-state index in [2.05, 4.69) is 9.47 Å². The van der Waals surface area contributed by atoms with Crippen molar-refractivity contribution in [2.75, 3.05) is 14.2 Å². The summed E-state index contributed by atoms with van der Waals surface area (Å²) in [7, 11) is 2.26. The topological polar surface area (TPSA) is 52.6 Å². The van der Waals surface area contributed by atoms with Crippen LogP contribution in [-0.2, 0) is 20.7 Å². The van der Waals surface area contributed by atoms with E-state index in [0.29, 0.717) is 6.07 Å². The molecule has 0 aliphatic carbocycles. The van der Waals surface area contributed by atoms with Crippen molar-refractivity contribution >= 4 is 11.9 Å². The van der Waals surface area contributed by atoms with Crippen LogP contribution in [0.2, 0.25) is 0 Å². The Bertz CT molecular complexity index is 457. The minimum Gasteiger partial charge on any atom is -0.469 e.